The molecular weight excluding hydrogens is 374 g/mol. The Bertz CT molecular complexity index is 995. The Morgan fingerprint density at radius 2 is 1.87 bits per heavy atom. The van der Waals surface area contributed by atoms with Crippen molar-refractivity contribution in [2.45, 2.75) is 60.4 Å². The van der Waals surface area contributed by atoms with Crippen LogP contribution in [0.5, 0.6) is 5.75 Å². The first-order valence-corrected chi connectivity index (χ1v) is 10.6. The van der Waals surface area contributed by atoms with Gasteiger partial charge in [0.2, 0.25) is 0 Å². The number of rotatable bonds is 9. The predicted octanol–water partition coefficient (Wildman–Crippen LogP) is 4.90. The molecule has 6 heteroatoms. The monoisotopic (exact) mass is 407 g/mol. The third-order valence-corrected chi connectivity index (χ3v) is 5.44. The van der Waals surface area contributed by atoms with E-state index in [1.165, 1.54) is 16.8 Å². The summed E-state index contributed by atoms with van der Waals surface area (Å²) in [5.74, 6) is 2.81. The van der Waals surface area contributed by atoms with E-state index in [-0.39, 0.29) is 5.92 Å². The molecule has 0 unspecified atom stereocenters. The number of anilines is 1. The predicted molar refractivity (Wildman–Crippen MR) is 121 cm³/mol. The quantitative estimate of drug-likeness (QED) is 0.511. The summed E-state index contributed by atoms with van der Waals surface area (Å²) >= 11 is 0. The summed E-state index contributed by atoms with van der Waals surface area (Å²) in [5.41, 5.74) is 5.81. The topological polar surface area (TPSA) is 64.9 Å². The molecule has 2 heterocycles. The summed E-state index contributed by atoms with van der Waals surface area (Å²) in [4.78, 5) is 9.21. The molecule has 0 spiro atoms. The standard InChI is InChI=1S/C24H33N5O/c1-16-9-7-10-22(13-16)30-12-8-11-25-24-14-23(26-21(6)27-24)17(2)15-29-20(5)18(3)19(4)28-29/h7,9-10,13-14,17H,8,11-12,15H2,1-6H3,(H,25,26,27)/t17-/m1/s1. The van der Waals surface area contributed by atoms with Crippen molar-refractivity contribution in [1.29, 1.82) is 0 Å². The first-order valence-electron chi connectivity index (χ1n) is 10.6. The van der Waals surface area contributed by atoms with Crippen molar-refractivity contribution in [3.05, 3.63) is 64.4 Å². The van der Waals surface area contributed by atoms with Crippen LogP contribution in [0, 0.1) is 34.6 Å². The summed E-state index contributed by atoms with van der Waals surface area (Å²) in [6.45, 7) is 14.8. The van der Waals surface area contributed by atoms with Crippen LogP contribution < -0.4 is 10.1 Å². The molecule has 3 rings (SSSR count). The average molecular weight is 408 g/mol. The van der Waals surface area contributed by atoms with E-state index < -0.39 is 0 Å². The first kappa shape index (κ1) is 21.8. The molecule has 0 aliphatic rings. The van der Waals surface area contributed by atoms with Crippen LogP contribution in [0.15, 0.2) is 30.3 Å². The number of benzene rings is 1. The minimum Gasteiger partial charge on any atom is -0.494 e. The van der Waals surface area contributed by atoms with Crippen LogP contribution >= 0.6 is 0 Å². The highest BCUT2D eigenvalue weighted by Crippen LogP contribution is 2.21. The van der Waals surface area contributed by atoms with Gasteiger partial charge in [0.05, 0.1) is 18.0 Å². The molecule has 0 saturated heterocycles. The molecule has 1 atom stereocenters. The van der Waals surface area contributed by atoms with E-state index in [4.69, 9.17) is 4.74 Å². The van der Waals surface area contributed by atoms with Gasteiger partial charge in [-0.15, -0.1) is 0 Å². The van der Waals surface area contributed by atoms with Crippen LogP contribution in [0.4, 0.5) is 5.82 Å². The van der Waals surface area contributed by atoms with Crippen LogP contribution in [-0.4, -0.2) is 32.9 Å². The lowest BCUT2D eigenvalue weighted by molar-refractivity contribution is 0.315. The zero-order chi connectivity index (χ0) is 21.7. The number of nitrogens with one attached hydrogen (secondary N) is 1. The third kappa shape index (κ3) is 5.59. The summed E-state index contributed by atoms with van der Waals surface area (Å²) in [7, 11) is 0. The van der Waals surface area contributed by atoms with E-state index in [0.29, 0.717) is 6.61 Å². The van der Waals surface area contributed by atoms with Gasteiger partial charge in [-0.2, -0.15) is 5.10 Å². The molecule has 1 aromatic carbocycles. The van der Waals surface area contributed by atoms with Gasteiger partial charge in [0, 0.05) is 30.8 Å². The molecule has 0 radical (unpaired) electrons. The lowest BCUT2D eigenvalue weighted by atomic mass is 10.1. The molecule has 30 heavy (non-hydrogen) atoms. The second kappa shape index (κ2) is 9.74. The second-order valence-corrected chi connectivity index (χ2v) is 8.05. The number of hydrogen-bond donors (Lipinski definition) is 1. The largest absolute Gasteiger partial charge is 0.494 e. The fourth-order valence-electron chi connectivity index (χ4n) is 3.43. The van der Waals surface area contributed by atoms with Crippen LogP contribution in [0.3, 0.4) is 0 Å². The maximum Gasteiger partial charge on any atom is 0.129 e. The maximum absolute atomic E-state index is 5.82. The Morgan fingerprint density at radius 1 is 1.07 bits per heavy atom. The van der Waals surface area contributed by atoms with Gasteiger partial charge in [0.25, 0.3) is 0 Å². The minimum absolute atomic E-state index is 0.245. The Hall–Kier alpha value is -2.89. The number of ether oxygens (including phenoxy) is 1. The van der Waals surface area contributed by atoms with Gasteiger partial charge in [0.15, 0.2) is 0 Å². The highest BCUT2D eigenvalue weighted by Gasteiger charge is 2.14. The Morgan fingerprint density at radius 3 is 2.57 bits per heavy atom. The zero-order valence-electron chi connectivity index (χ0n) is 19.0. The number of hydrogen-bond acceptors (Lipinski definition) is 5. The van der Waals surface area contributed by atoms with Crippen molar-refractivity contribution in [3.63, 3.8) is 0 Å². The summed E-state index contributed by atoms with van der Waals surface area (Å²) in [6.07, 6.45) is 0.896. The van der Waals surface area contributed by atoms with E-state index in [0.717, 1.165) is 48.3 Å². The summed E-state index contributed by atoms with van der Waals surface area (Å²) in [5, 5.41) is 8.08. The normalized spacial score (nSPS) is 12.1. The highest BCUT2D eigenvalue weighted by molar-refractivity contribution is 5.37. The Balaban J connectivity index is 1.54. The van der Waals surface area contributed by atoms with Gasteiger partial charge >= 0.3 is 0 Å². The van der Waals surface area contributed by atoms with Crippen molar-refractivity contribution < 1.29 is 4.74 Å². The second-order valence-electron chi connectivity index (χ2n) is 8.05. The van der Waals surface area contributed by atoms with Crippen LogP contribution in [0.2, 0.25) is 0 Å². The van der Waals surface area contributed by atoms with Crippen molar-refractivity contribution in [2.75, 3.05) is 18.5 Å². The van der Waals surface area contributed by atoms with Gasteiger partial charge in [-0.05, 0) is 64.3 Å². The molecule has 6 nitrogen and oxygen atoms in total. The lowest BCUT2D eigenvalue weighted by Crippen LogP contribution is -2.13. The highest BCUT2D eigenvalue weighted by atomic mass is 16.5. The summed E-state index contributed by atoms with van der Waals surface area (Å²) in [6, 6.07) is 10.2. The van der Waals surface area contributed by atoms with E-state index >= 15 is 0 Å². The molecule has 0 bridgehead atoms. The molecule has 0 amide bonds. The molecule has 0 saturated carbocycles. The molecule has 1 N–H and O–H groups in total. The lowest BCUT2D eigenvalue weighted by Gasteiger charge is -2.15. The van der Waals surface area contributed by atoms with Gasteiger partial charge < -0.3 is 10.1 Å². The number of nitrogens with zero attached hydrogens (tertiary/aromatic N) is 4. The summed E-state index contributed by atoms with van der Waals surface area (Å²) < 4.78 is 7.90. The molecular formula is C24H33N5O. The number of aryl methyl sites for hydroxylation is 3. The van der Waals surface area contributed by atoms with Crippen molar-refractivity contribution in [1.82, 2.24) is 19.7 Å². The number of aromatic nitrogens is 4. The maximum atomic E-state index is 5.82. The minimum atomic E-state index is 0.245. The van der Waals surface area contributed by atoms with Gasteiger partial charge in [-0.1, -0.05) is 19.1 Å². The molecule has 0 aliphatic heterocycles. The van der Waals surface area contributed by atoms with E-state index in [9.17, 15) is 0 Å². The van der Waals surface area contributed by atoms with Crippen molar-refractivity contribution in [3.8, 4) is 5.75 Å². The fourth-order valence-corrected chi connectivity index (χ4v) is 3.43. The van der Waals surface area contributed by atoms with Crippen molar-refractivity contribution in [2.24, 2.45) is 0 Å². The smallest absolute Gasteiger partial charge is 0.129 e. The van der Waals surface area contributed by atoms with Crippen LogP contribution in [0.25, 0.3) is 0 Å². The average Bonchev–Trinajstić information content (AvgIpc) is 2.94. The third-order valence-electron chi connectivity index (χ3n) is 5.44. The van der Waals surface area contributed by atoms with E-state index in [1.807, 2.05) is 19.1 Å². The van der Waals surface area contributed by atoms with Crippen molar-refractivity contribution >= 4 is 5.82 Å². The van der Waals surface area contributed by atoms with E-state index in [1.54, 1.807) is 0 Å². The SMILES string of the molecule is Cc1cccc(OCCCNc2cc([C@H](C)Cn3nc(C)c(C)c3C)nc(C)n2)c1. The van der Waals surface area contributed by atoms with Gasteiger partial charge in [-0.25, -0.2) is 9.97 Å². The molecule has 3 aromatic rings. The molecule has 2 aromatic heterocycles. The Kier molecular flexibility index (Phi) is 7.08. The molecule has 160 valence electrons. The van der Waals surface area contributed by atoms with Crippen LogP contribution in [0.1, 0.15) is 53.3 Å². The van der Waals surface area contributed by atoms with E-state index in [2.05, 4.69) is 77.9 Å². The van der Waals surface area contributed by atoms with Gasteiger partial charge in [-0.3, -0.25) is 4.68 Å². The molecule has 0 fully saturated rings. The molecule has 0 aliphatic carbocycles. The van der Waals surface area contributed by atoms with Crippen LogP contribution in [-0.2, 0) is 6.54 Å². The fraction of sp³-hybridized carbons (Fsp3) is 0.458. The zero-order valence-corrected chi connectivity index (χ0v) is 19.0. The first-order chi connectivity index (χ1) is 14.3. The Labute approximate surface area is 179 Å². The van der Waals surface area contributed by atoms with Gasteiger partial charge in [0.1, 0.15) is 17.4 Å².